The quantitative estimate of drug-likeness (QED) is 0.672. The summed E-state index contributed by atoms with van der Waals surface area (Å²) < 4.78 is 27.0. The van der Waals surface area contributed by atoms with Crippen LogP contribution >= 0.6 is 0 Å². The molecule has 0 unspecified atom stereocenters. The first-order valence-corrected chi connectivity index (χ1v) is 7.03. The number of aliphatic imine (C=N–C) groups is 1. The van der Waals surface area contributed by atoms with Crippen LogP contribution < -0.4 is 10.6 Å². The summed E-state index contributed by atoms with van der Waals surface area (Å²) in [5.41, 5.74) is 1.99. The van der Waals surface area contributed by atoms with Crippen molar-refractivity contribution in [3.8, 4) is 0 Å². The number of guanidine groups is 1. The first-order chi connectivity index (χ1) is 10.6. The third-order valence-electron chi connectivity index (χ3n) is 3.32. The Bertz CT molecular complexity index is 669. The molecule has 0 aliphatic heterocycles. The van der Waals surface area contributed by atoms with Gasteiger partial charge in [0, 0.05) is 25.7 Å². The number of benzene rings is 2. The van der Waals surface area contributed by atoms with Crippen LogP contribution in [0.3, 0.4) is 0 Å². The highest BCUT2D eigenvalue weighted by Gasteiger charge is 2.04. The summed E-state index contributed by atoms with van der Waals surface area (Å²) in [5.74, 6) is 0.0453. The maximum atomic E-state index is 13.5. The van der Waals surface area contributed by atoms with Crippen molar-refractivity contribution >= 4 is 5.96 Å². The van der Waals surface area contributed by atoms with E-state index in [9.17, 15) is 8.78 Å². The molecule has 0 saturated heterocycles. The van der Waals surface area contributed by atoms with Crippen LogP contribution in [0.5, 0.6) is 0 Å². The third kappa shape index (κ3) is 4.28. The normalized spacial score (nSPS) is 11.4. The van der Waals surface area contributed by atoms with Gasteiger partial charge < -0.3 is 10.6 Å². The smallest absolute Gasteiger partial charge is 0.191 e. The van der Waals surface area contributed by atoms with Crippen LogP contribution in [0.1, 0.15) is 16.7 Å². The molecule has 0 saturated carbocycles. The van der Waals surface area contributed by atoms with Gasteiger partial charge in [0.25, 0.3) is 0 Å². The van der Waals surface area contributed by atoms with Crippen LogP contribution in [0.4, 0.5) is 8.78 Å². The molecule has 22 heavy (non-hydrogen) atoms. The van der Waals surface area contributed by atoms with Crippen LogP contribution in [-0.2, 0) is 13.1 Å². The molecule has 0 atom stereocenters. The molecule has 0 fully saturated rings. The largest absolute Gasteiger partial charge is 0.352 e. The maximum Gasteiger partial charge on any atom is 0.191 e. The summed E-state index contributed by atoms with van der Waals surface area (Å²) in [6, 6.07) is 11.7. The fourth-order valence-electron chi connectivity index (χ4n) is 1.97. The van der Waals surface area contributed by atoms with Gasteiger partial charge in [0.1, 0.15) is 11.6 Å². The van der Waals surface area contributed by atoms with Crippen LogP contribution in [0, 0.1) is 18.6 Å². The Balaban J connectivity index is 1.90. The van der Waals surface area contributed by atoms with Crippen molar-refractivity contribution in [3.05, 3.63) is 70.8 Å². The summed E-state index contributed by atoms with van der Waals surface area (Å²) in [6.45, 7) is 2.49. The van der Waals surface area contributed by atoms with Crippen molar-refractivity contribution in [2.45, 2.75) is 20.0 Å². The zero-order valence-electron chi connectivity index (χ0n) is 12.7. The molecule has 2 aromatic carbocycles. The van der Waals surface area contributed by atoms with E-state index >= 15 is 0 Å². The zero-order chi connectivity index (χ0) is 15.9. The predicted octanol–water partition coefficient (Wildman–Crippen LogP) is 3.14. The molecule has 0 aliphatic rings. The van der Waals surface area contributed by atoms with Gasteiger partial charge in [-0.3, -0.25) is 4.99 Å². The molecule has 0 heterocycles. The molecule has 2 N–H and O–H groups in total. The highest BCUT2D eigenvalue weighted by atomic mass is 19.1. The molecule has 2 rings (SSSR count). The lowest BCUT2D eigenvalue weighted by atomic mass is 10.1. The van der Waals surface area contributed by atoms with Gasteiger partial charge in [0.15, 0.2) is 5.96 Å². The summed E-state index contributed by atoms with van der Waals surface area (Å²) in [6.07, 6.45) is 0. The van der Waals surface area contributed by atoms with Gasteiger partial charge in [-0.15, -0.1) is 0 Å². The van der Waals surface area contributed by atoms with Crippen LogP contribution in [-0.4, -0.2) is 13.0 Å². The fourth-order valence-corrected chi connectivity index (χ4v) is 1.97. The van der Waals surface area contributed by atoms with Gasteiger partial charge in [-0.25, -0.2) is 8.78 Å². The molecule has 0 aromatic heterocycles. The lowest BCUT2D eigenvalue weighted by molar-refractivity contribution is 0.604. The van der Waals surface area contributed by atoms with E-state index in [1.165, 1.54) is 12.1 Å². The van der Waals surface area contributed by atoms with Crippen molar-refractivity contribution in [3.63, 3.8) is 0 Å². The van der Waals surface area contributed by atoms with Gasteiger partial charge in [-0.05, 0) is 30.2 Å². The summed E-state index contributed by atoms with van der Waals surface area (Å²) in [5, 5.41) is 6.10. The first kappa shape index (κ1) is 15.9. The van der Waals surface area contributed by atoms with E-state index in [0.717, 1.165) is 5.56 Å². The Kier molecular flexibility index (Phi) is 5.47. The molecule has 0 spiro atoms. The molecule has 5 heteroatoms. The molecular formula is C17H19F2N3. The van der Waals surface area contributed by atoms with Crippen molar-refractivity contribution in [1.82, 2.24) is 10.6 Å². The second kappa shape index (κ2) is 7.54. The Morgan fingerprint density at radius 1 is 1.00 bits per heavy atom. The van der Waals surface area contributed by atoms with E-state index in [0.29, 0.717) is 30.2 Å². The lowest BCUT2D eigenvalue weighted by Crippen LogP contribution is -2.36. The minimum atomic E-state index is -0.258. The summed E-state index contributed by atoms with van der Waals surface area (Å²) in [4.78, 5) is 4.07. The Hall–Kier alpha value is -2.43. The highest BCUT2D eigenvalue weighted by Crippen LogP contribution is 2.09. The van der Waals surface area contributed by atoms with Crippen molar-refractivity contribution in [2.75, 3.05) is 7.05 Å². The molecule has 0 bridgehead atoms. The first-order valence-electron chi connectivity index (χ1n) is 7.03. The fraction of sp³-hybridized carbons (Fsp3) is 0.235. The predicted molar refractivity (Wildman–Crippen MR) is 84.6 cm³/mol. The number of nitrogens with one attached hydrogen (secondary N) is 2. The van der Waals surface area contributed by atoms with Crippen LogP contribution in [0.2, 0.25) is 0 Å². The molecule has 116 valence electrons. The van der Waals surface area contributed by atoms with E-state index in [1.54, 1.807) is 38.2 Å². The SMILES string of the molecule is CN=C(NCc1ccc(C)c(F)c1)NCc1ccccc1F. The van der Waals surface area contributed by atoms with Crippen LogP contribution in [0.25, 0.3) is 0 Å². The number of hydrogen-bond donors (Lipinski definition) is 2. The molecule has 2 aromatic rings. The van der Waals surface area contributed by atoms with Gasteiger partial charge in [-0.2, -0.15) is 0 Å². The molecule has 0 radical (unpaired) electrons. The van der Waals surface area contributed by atoms with Gasteiger partial charge in [0.2, 0.25) is 0 Å². The standard InChI is InChI=1S/C17H19F2N3/c1-12-7-8-13(9-16(12)19)10-21-17(20-2)22-11-14-5-3-4-6-15(14)18/h3-9H,10-11H2,1-2H3,(H2,20,21,22). The minimum absolute atomic E-state index is 0.228. The highest BCUT2D eigenvalue weighted by molar-refractivity contribution is 5.79. The van der Waals surface area contributed by atoms with Crippen molar-refractivity contribution < 1.29 is 8.78 Å². The van der Waals surface area contributed by atoms with E-state index in [4.69, 9.17) is 0 Å². The van der Waals surface area contributed by atoms with E-state index in [2.05, 4.69) is 15.6 Å². The molecular weight excluding hydrogens is 284 g/mol. The van der Waals surface area contributed by atoms with Crippen LogP contribution in [0.15, 0.2) is 47.5 Å². The Labute approximate surface area is 129 Å². The summed E-state index contributed by atoms with van der Waals surface area (Å²) >= 11 is 0. The zero-order valence-corrected chi connectivity index (χ0v) is 12.7. The van der Waals surface area contributed by atoms with Gasteiger partial charge in [0.05, 0.1) is 0 Å². The second-order valence-corrected chi connectivity index (χ2v) is 4.95. The maximum absolute atomic E-state index is 13.5. The summed E-state index contributed by atoms with van der Waals surface area (Å²) in [7, 11) is 1.63. The Morgan fingerprint density at radius 2 is 1.73 bits per heavy atom. The molecule has 0 aliphatic carbocycles. The van der Waals surface area contributed by atoms with Gasteiger partial charge >= 0.3 is 0 Å². The van der Waals surface area contributed by atoms with Gasteiger partial charge in [-0.1, -0.05) is 30.3 Å². The number of nitrogens with zero attached hydrogens (tertiary/aromatic N) is 1. The average molecular weight is 303 g/mol. The lowest BCUT2D eigenvalue weighted by Gasteiger charge is -2.12. The number of aryl methyl sites for hydroxylation is 1. The number of hydrogen-bond acceptors (Lipinski definition) is 1. The topological polar surface area (TPSA) is 36.4 Å². The van der Waals surface area contributed by atoms with E-state index in [1.807, 2.05) is 6.07 Å². The third-order valence-corrected chi connectivity index (χ3v) is 3.32. The Morgan fingerprint density at radius 3 is 2.41 bits per heavy atom. The van der Waals surface area contributed by atoms with Crippen molar-refractivity contribution in [2.24, 2.45) is 4.99 Å². The van der Waals surface area contributed by atoms with E-state index in [-0.39, 0.29) is 11.6 Å². The molecule has 3 nitrogen and oxygen atoms in total. The second-order valence-electron chi connectivity index (χ2n) is 4.95. The minimum Gasteiger partial charge on any atom is -0.352 e. The number of rotatable bonds is 4. The molecule has 0 amide bonds. The number of halogens is 2. The average Bonchev–Trinajstić information content (AvgIpc) is 2.52. The monoisotopic (exact) mass is 303 g/mol. The van der Waals surface area contributed by atoms with E-state index < -0.39 is 0 Å². The van der Waals surface area contributed by atoms with Crippen molar-refractivity contribution in [1.29, 1.82) is 0 Å².